The molecule has 0 unspecified atom stereocenters. The summed E-state index contributed by atoms with van der Waals surface area (Å²) in [7, 11) is 1.84. The van der Waals surface area contributed by atoms with Gasteiger partial charge in [-0.25, -0.2) is 4.98 Å². The SMILES string of the molecule is Cc1cc(C(=O)Nc2ccc(-c3ccccc3)cc2)c2c(C)nn(C)c2n1. The van der Waals surface area contributed by atoms with Crippen molar-refractivity contribution in [3.8, 4) is 11.1 Å². The van der Waals surface area contributed by atoms with Gasteiger partial charge in [-0.15, -0.1) is 0 Å². The van der Waals surface area contributed by atoms with Crippen LogP contribution in [0.3, 0.4) is 0 Å². The quantitative estimate of drug-likeness (QED) is 0.588. The first-order valence-corrected chi connectivity index (χ1v) is 8.81. The van der Waals surface area contributed by atoms with E-state index in [1.54, 1.807) is 4.68 Å². The second-order valence-corrected chi connectivity index (χ2v) is 6.62. The molecule has 5 nitrogen and oxygen atoms in total. The fourth-order valence-corrected chi connectivity index (χ4v) is 3.32. The maximum atomic E-state index is 12.9. The van der Waals surface area contributed by atoms with Crippen molar-refractivity contribution in [3.63, 3.8) is 0 Å². The number of carbonyl (C=O) groups is 1. The largest absolute Gasteiger partial charge is 0.322 e. The minimum atomic E-state index is -0.158. The number of aromatic nitrogens is 3. The van der Waals surface area contributed by atoms with E-state index in [2.05, 4.69) is 27.5 Å². The van der Waals surface area contributed by atoms with Gasteiger partial charge in [0.1, 0.15) is 0 Å². The van der Waals surface area contributed by atoms with Crippen LogP contribution in [0.25, 0.3) is 22.2 Å². The van der Waals surface area contributed by atoms with Gasteiger partial charge in [-0.3, -0.25) is 9.48 Å². The average Bonchev–Trinajstić information content (AvgIpc) is 2.96. The molecule has 134 valence electrons. The molecule has 5 heteroatoms. The molecule has 1 N–H and O–H groups in total. The molecule has 4 rings (SSSR count). The molecule has 2 heterocycles. The van der Waals surface area contributed by atoms with Crippen molar-refractivity contribution in [1.29, 1.82) is 0 Å². The Balaban J connectivity index is 1.64. The van der Waals surface area contributed by atoms with Crippen molar-refractivity contribution >= 4 is 22.6 Å². The number of anilines is 1. The Kier molecular flexibility index (Phi) is 4.20. The Labute approximate surface area is 157 Å². The van der Waals surface area contributed by atoms with E-state index in [9.17, 15) is 4.79 Å². The summed E-state index contributed by atoms with van der Waals surface area (Å²) in [6, 6.07) is 19.8. The molecule has 0 radical (unpaired) electrons. The first kappa shape index (κ1) is 17.0. The molecule has 0 spiro atoms. The van der Waals surface area contributed by atoms with Gasteiger partial charge in [0.05, 0.1) is 16.6 Å². The summed E-state index contributed by atoms with van der Waals surface area (Å²) < 4.78 is 1.71. The van der Waals surface area contributed by atoms with E-state index >= 15 is 0 Å². The molecule has 0 bridgehead atoms. The Morgan fingerprint density at radius 1 is 0.963 bits per heavy atom. The van der Waals surface area contributed by atoms with E-state index in [0.717, 1.165) is 39.2 Å². The van der Waals surface area contributed by atoms with Crippen LogP contribution in [0.4, 0.5) is 5.69 Å². The van der Waals surface area contributed by atoms with E-state index < -0.39 is 0 Å². The molecular formula is C22H20N4O. The van der Waals surface area contributed by atoms with Crippen molar-refractivity contribution in [2.24, 2.45) is 7.05 Å². The number of hydrogen-bond acceptors (Lipinski definition) is 3. The number of fused-ring (bicyclic) bond motifs is 1. The van der Waals surface area contributed by atoms with Gasteiger partial charge >= 0.3 is 0 Å². The number of nitrogens with zero attached hydrogens (tertiary/aromatic N) is 3. The zero-order chi connectivity index (χ0) is 19.0. The van der Waals surface area contributed by atoms with Crippen LogP contribution in [0.15, 0.2) is 60.7 Å². The first-order chi connectivity index (χ1) is 13.0. The predicted molar refractivity (Wildman–Crippen MR) is 108 cm³/mol. The molecule has 4 aromatic rings. The molecule has 0 aliphatic carbocycles. The summed E-state index contributed by atoms with van der Waals surface area (Å²) in [6.45, 7) is 3.78. The molecule has 1 amide bonds. The highest BCUT2D eigenvalue weighted by molar-refractivity contribution is 6.12. The smallest absolute Gasteiger partial charge is 0.256 e. The Hall–Kier alpha value is -3.47. The molecule has 2 aromatic carbocycles. The Morgan fingerprint density at radius 2 is 1.63 bits per heavy atom. The zero-order valence-electron chi connectivity index (χ0n) is 15.5. The molecule has 0 saturated heterocycles. The maximum Gasteiger partial charge on any atom is 0.256 e. The lowest BCUT2D eigenvalue weighted by atomic mass is 10.1. The van der Waals surface area contributed by atoms with Crippen molar-refractivity contribution in [2.45, 2.75) is 13.8 Å². The lowest BCUT2D eigenvalue weighted by molar-refractivity contribution is 0.102. The highest BCUT2D eigenvalue weighted by atomic mass is 16.1. The molecular weight excluding hydrogens is 336 g/mol. The number of nitrogens with one attached hydrogen (secondary N) is 1. The molecule has 0 aliphatic heterocycles. The monoisotopic (exact) mass is 356 g/mol. The van der Waals surface area contributed by atoms with Gasteiger partial charge in [-0.05, 0) is 43.2 Å². The van der Waals surface area contributed by atoms with Crippen LogP contribution < -0.4 is 5.32 Å². The minimum Gasteiger partial charge on any atom is -0.322 e. The summed E-state index contributed by atoms with van der Waals surface area (Å²) in [6.07, 6.45) is 0. The third kappa shape index (κ3) is 3.19. The van der Waals surface area contributed by atoms with Crippen LogP contribution in [-0.2, 0) is 7.05 Å². The van der Waals surface area contributed by atoms with Crippen LogP contribution in [0.1, 0.15) is 21.7 Å². The standard InChI is InChI=1S/C22H20N4O/c1-14-13-19(20-15(2)25-26(3)21(20)23-14)22(27)24-18-11-9-17(10-12-18)16-7-5-4-6-8-16/h4-13H,1-3H3,(H,24,27). The topological polar surface area (TPSA) is 59.8 Å². The van der Waals surface area contributed by atoms with E-state index in [0.29, 0.717) is 5.56 Å². The van der Waals surface area contributed by atoms with Crippen molar-refractivity contribution in [3.05, 3.63) is 77.6 Å². The van der Waals surface area contributed by atoms with E-state index in [4.69, 9.17) is 0 Å². The summed E-state index contributed by atoms with van der Waals surface area (Å²) >= 11 is 0. The summed E-state index contributed by atoms with van der Waals surface area (Å²) in [5.41, 5.74) is 5.91. The molecule has 0 atom stereocenters. The summed E-state index contributed by atoms with van der Waals surface area (Å²) in [5.74, 6) is -0.158. The average molecular weight is 356 g/mol. The van der Waals surface area contributed by atoms with Crippen LogP contribution in [-0.4, -0.2) is 20.7 Å². The second kappa shape index (κ2) is 6.68. The van der Waals surface area contributed by atoms with Gasteiger partial charge < -0.3 is 5.32 Å². The van der Waals surface area contributed by atoms with Crippen LogP contribution in [0.2, 0.25) is 0 Å². The van der Waals surface area contributed by atoms with Crippen molar-refractivity contribution < 1.29 is 4.79 Å². The van der Waals surface area contributed by atoms with Crippen LogP contribution >= 0.6 is 0 Å². The molecule has 0 saturated carbocycles. The lowest BCUT2D eigenvalue weighted by Gasteiger charge is -2.09. The number of benzene rings is 2. The van der Waals surface area contributed by atoms with Crippen LogP contribution in [0, 0.1) is 13.8 Å². The fourth-order valence-electron chi connectivity index (χ4n) is 3.32. The van der Waals surface area contributed by atoms with Gasteiger partial charge in [0, 0.05) is 18.4 Å². The molecule has 2 aromatic heterocycles. The second-order valence-electron chi connectivity index (χ2n) is 6.62. The van der Waals surface area contributed by atoms with Gasteiger partial charge in [0.2, 0.25) is 0 Å². The minimum absolute atomic E-state index is 0.158. The maximum absolute atomic E-state index is 12.9. The Bertz CT molecular complexity index is 1130. The fraction of sp³-hybridized carbons (Fsp3) is 0.136. The van der Waals surface area contributed by atoms with Crippen molar-refractivity contribution in [1.82, 2.24) is 14.8 Å². The predicted octanol–water partition coefficient (Wildman–Crippen LogP) is 4.50. The van der Waals surface area contributed by atoms with Gasteiger partial charge in [-0.1, -0.05) is 42.5 Å². The lowest BCUT2D eigenvalue weighted by Crippen LogP contribution is -2.13. The molecule has 0 fully saturated rings. The zero-order valence-corrected chi connectivity index (χ0v) is 15.5. The molecule has 27 heavy (non-hydrogen) atoms. The third-order valence-electron chi connectivity index (χ3n) is 4.59. The van der Waals surface area contributed by atoms with E-state index in [1.807, 2.05) is 69.4 Å². The third-order valence-corrected chi connectivity index (χ3v) is 4.59. The van der Waals surface area contributed by atoms with E-state index in [-0.39, 0.29) is 5.91 Å². The van der Waals surface area contributed by atoms with Gasteiger partial charge in [0.25, 0.3) is 5.91 Å². The van der Waals surface area contributed by atoms with Crippen LogP contribution in [0.5, 0.6) is 0 Å². The normalized spacial score (nSPS) is 10.9. The number of hydrogen-bond donors (Lipinski definition) is 1. The first-order valence-electron chi connectivity index (χ1n) is 8.81. The van der Waals surface area contributed by atoms with Gasteiger partial charge in [-0.2, -0.15) is 5.10 Å². The Morgan fingerprint density at radius 3 is 2.33 bits per heavy atom. The number of rotatable bonds is 3. The highest BCUT2D eigenvalue weighted by Gasteiger charge is 2.17. The van der Waals surface area contributed by atoms with Crippen molar-refractivity contribution in [2.75, 3.05) is 5.32 Å². The summed E-state index contributed by atoms with van der Waals surface area (Å²) in [4.78, 5) is 17.4. The van der Waals surface area contributed by atoms with Gasteiger partial charge in [0.15, 0.2) is 5.65 Å². The number of amides is 1. The number of pyridine rings is 1. The van der Waals surface area contributed by atoms with E-state index in [1.165, 1.54) is 0 Å². The number of carbonyl (C=O) groups excluding carboxylic acids is 1. The summed E-state index contributed by atoms with van der Waals surface area (Å²) in [5, 5.41) is 8.18. The highest BCUT2D eigenvalue weighted by Crippen LogP contribution is 2.24. The number of aryl methyl sites for hydroxylation is 3. The molecule has 0 aliphatic rings.